The number of unbranched alkanes of at least 4 members (excludes halogenated alkanes) is 1. The SMILES string of the molecule is CCCCOC(CNC(C)Cc1ccc(OCC(=O)OC)cc1)c1cccc(Cl)c1. The molecule has 0 bridgehead atoms. The normalized spacial score (nSPS) is 12.9. The molecule has 2 unspecified atom stereocenters. The van der Waals surface area contributed by atoms with Gasteiger partial charge >= 0.3 is 5.97 Å². The van der Waals surface area contributed by atoms with Gasteiger partial charge in [-0.25, -0.2) is 4.79 Å². The molecular weight excluding hydrogens is 402 g/mol. The van der Waals surface area contributed by atoms with Gasteiger partial charge in [0.2, 0.25) is 0 Å². The third kappa shape index (κ3) is 8.74. The standard InChI is InChI=1S/C24H32ClNO4/c1-4-5-13-29-23(20-7-6-8-21(25)15-20)16-26-18(2)14-19-9-11-22(12-10-19)30-17-24(27)28-3/h6-12,15,18,23,26H,4-5,13-14,16-17H2,1-3H3. The first kappa shape index (κ1) is 24.2. The monoisotopic (exact) mass is 433 g/mol. The van der Waals surface area contributed by atoms with Gasteiger partial charge in [-0.2, -0.15) is 0 Å². The zero-order valence-corrected chi connectivity index (χ0v) is 18.8. The molecule has 0 heterocycles. The average molecular weight is 434 g/mol. The Balaban J connectivity index is 1.86. The Bertz CT molecular complexity index is 766. The molecule has 2 aromatic rings. The van der Waals surface area contributed by atoms with Gasteiger partial charge in [-0.15, -0.1) is 0 Å². The van der Waals surface area contributed by atoms with E-state index in [0.29, 0.717) is 12.3 Å². The summed E-state index contributed by atoms with van der Waals surface area (Å²) in [6.07, 6.45) is 2.98. The second kappa shape index (κ2) is 13.3. The first-order chi connectivity index (χ1) is 14.5. The molecule has 0 aliphatic heterocycles. The van der Waals surface area contributed by atoms with Gasteiger partial charge in [0.25, 0.3) is 0 Å². The van der Waals surface area contributed by atoms with E-state index in [4.69, 9.17) is 21.1 Å². The van der Waals surface area contributed by atoms with E-state index in [1.165, 1.54) is 12.7 Å². The molecule has 2 aromatic carbocycles. The molecule has 0 spiro atoms. The minimum absolute atomic E-state index is 0.0354. The smallest absolute Gasteiger partial charge is 0.343 e. The Hall–Kier alpha value is -2.08. The summed E-state index contributed by atoms with van der Waals surface area (Å²) >= 11 is 6.17. The van der Waals surface area contributed by atoms with Crippen molar-refractivity contribution < 1.29 is 19.0 Å². The summed E-state index contributed by atoms with van der Waals surface area (Å²) in [5, 5.41) is 4.30. The first-order valence-corrected chi connectivity index (χ1v) is 10.8. The molecule has 0 fully saturated rings. The highest BCUT2D eigenvalue weighted by Crippen LogP contribution is 2.21. The summed E-state index contributed by atoms with van der Waals surface area (Å²) in [5.74, 6) is 0.252. The number of carbonyl (C=O) groups excluding carboxylic acids is 1. The van der Waals surface area contributed by atoms with Crippen molar-refractivity contribution in [3.05, 3.63) is 64.7 Å². The molecule has 2 atom stereocenters. The van der Waals surface area contributed by atoms with E-state index in [9.17, 15) is 4.79 Å². The van der Waals surface area contributed by atoms with Gasteiger partial charge in [0.15, 0.2) is 6.61 Å². The fraction of sp³-hybridized carbons (Fsp3) is 0.458. The van der Waals surface area contributed by atoms with Gasteiger partial charge in [0.1, 0.15) is 5.75 Å². The van der Waals surface area contributed by atoms with Crippen LogP contribution >= 0.6 is 11.6 Å². The Morgan fingerprint density at radius 3 is 2.60 bits per heavy atom. The number of hydrogen-bond acceptors (Lipinski definition) is 5. The lowest BCUT2D eigenvalue weighted by Gasteiger charge is -2.22. The van der Waals surface area contributed by atoms with E-state index >= 15 is 0 Å². The summed E-state index contributed by atoms with van der Waals surface area (Å²) in [6.45, 7) is 5.67. The average Bonchev–Trinajstić information content (AvgIpc) is 2.75. The minimum Gasteiger partial charge on any atom is -0.482 e. The fourth-order valence-electron chi connectivity index (χ4n) is 3.01. The minimum atomic E-state index is -0.396. The van der Waals surface area contributed by atoms with Crippen LogP contribution in [0.1, 0.15) is 43.9 Å². The summed E-state index contributed by atoms with van der Waals surface area (Å²) in [4.78, 5) is 11.2. The van der Waals surface area contributed by atoms with E-state index in [0.717, 1.165) is 36.5 Å². The molecular formula is C24H32ClNO4. The highest BCUT2D eigenvalue weighted by molar-refractivity contribution is 6.30. The number of halogens is 1. The van der Waals surface area contributed by atoms with Crippen molar-refractivity contribution in [1.82, 2.24) is 5.32 Å². The first-order valence-electron chi connectivity index (χ1n) is 10.4. The van der Waals surface area contributed by atoms with Crippen LogP contribution in [-0.4, -0.2) is 38.9 Å². The van der Waals surface area contributed by atoms with Crippen LogP contribution in [0.25, 0.3) is 0 Å². The topological polar surface area (TPSA) is 56.8 Å². The number of esters is 1. The lowest BCUT2D eigenvalue weighted by atomic mass is 10.1. The molecule has 0 radical (unpaired) electrons. The highest BCUT2D eigenvalue weighted by atomic mass is 35.5. The molecule has 0 aliphatic rings. The van der Waals surface area contributed by atoms with Crippen molar-refractivity contribution in [1.29, 1.82) is 0 Å². The van der Waals surface area contributed by atoms with Crippen LogP contribution in [0.4, 0.5) is 0 Å². The molecule has 164 valence electrons. The third-order valence-electron chi connectivity index (χ3n) is 4.74. The van der Waals surface area contributed by atoms with Crippen molar-refractivity contribution in [2.45, 2.75) is 45.3 Å². The number of rotatable bonds is 13. The Morgan fingerprint density at radius 2 is 1.93 bits per heavy atom. The van der Waals surface area contributed by atoms with Gasteiger partial charge in [0, 0.05) is 24.2 Å². The second-order valence-electron chi connectivity index (χ2n) is 7.29. The molecule has 30 heavy (non-hydrogen) atoms. The van der Waals surface area contributed by atoms with Crippen molar-refractivity contribution in [2.75, 3.05) is 26.9 Å². The van der Waals surface area contributed by atoms with Gasteiger partial charge in [-0.05, 0) is 55.2 Å². The number of ether oxygens (including phenoxy) is 3. The lowest BCUT2D eigenvalue weighted by molar-refractivity contribution is -0.142. The zero-order valence-electron chi connectivity index (χ0n) is 18.0. The lowest BCUT2D eigenvalue weighted by Crippen LogP contribution is -2.33. The van der Waals surface area contributed by atoms with Crippen LogP contribution in [-0.2, 0) is 20.7 Å². The van der Waals surface area contributed by atoms with Crippen molar-refractivity contribution >= 4 is 17.6 Å². The Kier molecular flexibility index (Phi) is 10.7. The number of hydrogen-bond donors (Lipinski definition) is 1. The Labute approximate surface area is 184 Å². The maximum absolute atomic E-state index is 11.2. The molecule has 0 aromatic heterocycles. The molecule has 0 saturated heterocycles. The summed E-state index contributed by atoms with van der Waals surface area (Å²) < 4.78 is 16.1. The molecule has 0 saturated carbocycles. The van der Waals surface area contributed by atoms with E-state index in [-0.39, 0.29) is 18.8 Å². The van der Waals surface area contributed by atoms with Crippen LogP contribution in [0.3, 0.4) is 0 Å². The Morgan fingerprint density at radius 1 is 1.17 bits per heavy atom. The maximum Gasteiger partial charge on any atom is 0.343 e. The van der Waals surface area contributed by atoms with E-state index in [1.807, 2.05) is 42.5 Å². The molecule has 0 aliphatic carbocycles. The molecule has 1 N–H and O–H groups in total. The number of carbonyl (C=O) groups is 1. The summed E-state index contributed by atoms with van der Waals surface area (Å²) in [7, 11) is 1.34. The summed E-state index contributed by atoms with van der Waals surface area (Å²) in [6, 6.07) is 15.9. The van der Waals surface area contributed by atoms with E-state index < -0.39 is 5.97 Å². The van der Waals surface area contributed by atoms with Crippen LogP contribution in [0, 0.1) is 0 Å². The van der Waals surface area contributed by atoms with Crippen LogP contribution < -0.4 is 10.1 Å². The van der Waals surface area contributed by atoms with E-state index in [1.54, 1.807) is 0 Å². The molecule has 2 rings (SSSR count). The van der Waals surface area contributed by atoms with Crippen molar-refractivity contribution in [3.63, 3.8) is 0 Å². The van der Waals surface area contributed by atoms with Crippen molar-refractivity contribution in [3.8, 4) is 5.75 Å². The van der Waals surface area contributed by atoms with Gasteiger partial charge in [-0.1, -0.05) is 49.2 Å². The zero-order chi connectivity index (χ0) is 21.8. The second-order valence-corrected chi connectivity index (χ2v) is 7.73. The molecule has 0 amide bonds. The van der Waals surface area contributed by atoms with Gasteiger partial charge in [-0.3, -0.25) is 0 Å². The number of nitrogens with one attached hydrogen (secondary N) is 1. The van der Waals surface area contributed by atoms with Gasteiger partial charge < -0.3 is 19.5 Å². The third-order valence-corrected chi connectivity index (χ3v) is 4.97. The predicted molar refractivity (Wildman–Crippen MR) is 120 cm³/mol. The quantitative estimate of drug-likeness (QED) is 0.357. The predicted octanol–water partition coefficient (Wildman–Crippen LogP) is 4.97. The van der Waals surface area contributed by atoms with Crippen LogP contribution in [0.15, 0.2) is 48.5 Å². The van der Waals surface area contributed by atoms with Gasteiger partial charge in [0.05, 0.1) is 13.2 Å². The van der Waals surface area contributed by atoms with E-state index in [2.05, 4.69) is 30.0 Å². The fourth-order valence-corrected chi connectivity index (χ4v) is 3.21. The van der Waals surface area contributed by atoms with Crippen LogP contribution in [0.5, 0.6) is 5.75 Å². The summed E-state index contributed by atoms with van der Waals surface area (Å²) in [5.41, 5.74) is 2.28. The number of benzene rings is 2. The van der Waals surface area contributed by atoms with Crippen molar-refractivity contribution in [2.24, 2.45) is 0 Å². The highest BCUT2D eigenvalue weighted by Gasteiger charge is 2.14. The number of methoxy groups -OCH3 is 1. The largest absolute Gasteiger partial charge is 0.482 e. The molecule has 5 nitrogen and oxygen atoms in total. The van der Waals surface area contributed by atoms with Crippen LogP contribution in [0.2, 0.25) is 5.02 Å². The molecule has 6 heteroatoms. The maximum atomic E-state index is 11.2.